The third-order valence-electron chi connectivity index (χ3n) is 5.66. The van der Waals surface area contributed by atoms with Gasteiger partial charge in [0.25, 0.3) is 0 Å². The van der Waals surface area contributed by atoms with E-state index in [9.17, 15) is 8.42 Å². The Morgan fingerprint density at radius 1 is 1.16 bits per heavy atom. The maximum Gasteiger partial charge on any atom is 0.247 e. The van der Waals surface area contributed by atoms with Crippen LogP contribution in [0.4, 0.5) is 0 Å². The van der Waals surface area contributed by atoms with E-state index >= 15 is 0 Å². The SMILES string of the molecule is CCCCN(CCCC)C1C=C(c2nnco2)C=C(S(N)(=O)=O)C1(C)Oc1ccccc1. The Kier molecular flexibility index (Phi) is 7.86. The first-order valence-electron chi connectivity index (χ1n) is 11.0. The zero-order valence-corrected chi connectivity index (χ0v) is 19.7. The molecule has 0 fully saturated rings. The van der Waals surface area contributed by atoms with Crippen LogP contribution in [0.25, 0.3) is 5.57 Å². The predicted octanol–water partition coefficient (Wildman–Crippen LogP) is 3.75. The number of primary sulfonamides is 1. The molecule has 8 nitrogen and oxygen atoms in total. The summed E-state index contributed by atoms with van der Waals surface area (Å²) in [5.41, 5.74) is -0.733. The molecule has 1 aromatic heterocycles. The van der Waals surface area contributed by atoms with E-state index < -0.39 is 21.7 Å². The molecular formula is C23H32N4O4S. The molecule has 174 valence electrons. The minimum atomic E-state index is -4.11. The van der Waals surface area contributed by atoms with Crippen LogP contribution in [-0.2, 0) is 10.0 Å². The van der Waals surface area contributed by atoms with Gasteiger partial charge in [0.2, 0.25) is 22.3 Å². The van der Waals surface area contributed by atoms with Crippen molar-refractivity contribution in [3.63, 3.8) is 0 Å². The molecule has 0 bridgehead atoms. The van der Waals surface area contributed by atoms with Crippen molar-refractivity contribution in [2.75, 3.05) is 13.1 Å². The molecule has 2 atom stereocenters. The number of nitrogens with two attached hydrogens (primary N) is 1. The first-order chi connectivity index (χ1) is 15.3. The zero-order chi connectivity index (χ0) is 23.2. The van der Waals surface area contributed by atoms with Crippen LogP contribution in [-0.4, -0.2) is 48.2 Å². The third-order valence-corrected chi connectivity index (χ3v) is 6.79. The maximum atomic E-state index is 12.8. The van der Waals surface area contributed by atoms with Crippen molar-refractivity contribution in [3.05, 3.63) is 59.7 Å². The number of unbranched alkanes of at least 4 members (excludes halogenated alkanes) is 2. The fraction of sp³-hybridized carbons (Fsp3) is 0.478. The summed E-state index contributed by atoms with van der Waals surface area (Å²) in [7, 11) is -4.11. The Morgan fingerprint density at radius 3 is 2.34 bits per heavy atom. The molecule has 2 N–H and O–H groups in total. The van der Waals surface area contributed by atoms with E-state index in [1.807, 2.05) is 36.4 Å². The molecule has 0 spiro atoms. The Bertz CT molecular complexity index is 1030. The van der Waals surface area contributed by atoms with Crippen LogP contribution < -0.4 is 9.88 Å². The topological polar surface area (TPSA) is 112 Å². The summed E-state index contributed by atoms with van der Waals surface area (Å²) in [5, 5.41) is 13.5. The number of para-hydroxylation sites is 1. The molecule has 9 heteroatoms. The van der Waals surface area contributed by atoms with E-state index in [2.05, 4.69) is 28.9 Å². The smallest absolute Gasteiger partial charge is 0.247 e. The molecule has 1 aliphatic rings. The van der Waals surface area contributed by atoms with Gasteiger partial charge in [0.15, 0.2) is 5.60 Å². The quantitative estimate of drug-likeness (QED) is 0.543. The highest BCUT2D eigenvalue weighted by Gasteiger charge is 2.49. The Hall–Kier alpha value is -2.49. The zero-order valence-electron chi connectivity index (χ0n) is 18.9. The van der Waals surface area contributed by atoms with Crippen molar-refractivity contribution in [1.29, 1.82) is 0 Å². The van der Waals surface area contributed by atoms with Gasteiger partial charge in [-0.2, -0.15) is 0 Å². The summed E-state index contributed by atoms with van der Waals surface area (Å²) in [6, 6.07) is 8.78. The first kappa shape index (κ1) is 24.2. The van der Waals surface area contributed by atoms with E-state index in [1.165, 1.54) is 12.5 Å². The summed E-state index contributed by atoms with van der Waals surface area (Å²) in [6.45, 7) is 7.63. The summed E-state index contributed by atoms with van der Waals surface area (Å²) >= 11 is 0. The van der Waals surface area contributed by atoms with Crippen molar-refractivity contribution in [1.82, 2.24) is 15.1 Å². The van der Waals surface area contributed by atoms with Gasteiger partial charge >= 0.3 is 0 Å². The Labute approximate surface area is 190 Å². The molecular weight excluding hydrogens is 428 g/mol. The molecule has 0 saturated carbocycles. The number of benzene rings is 1. The van der Waals surface area contributed by atoms with Crippen molar-refractivity contribution >= 4 is 15.6 Å². The highest BCUT2D eigenvalue weighted by molar-refractivity contribution is 7.93. The van der Waals surface area contributed by atoms with Crippen LogP contribution >= 0.6 is 0 Å². The molecule has 0 amide bonds. The molecule has 32 heavy (non-hydrogen) atoms. The first-order valence-corrected chi connectivity index (χ1v) is 12.6. The number of ether oxygens (including phenoxy) is 1. The van der Waals surface area contributed by atoms with Gasteiger partial charge in [-0.15, -0.1) is 10.2 Å². The van der Waals surface area contributed by atoms with Gasteiger partial charge in [0.05, 0.1) is 6.04 Å². The minimum absolute atomic E-state index is 0.0208. The van der Waals surface area contributed by atoms with E-state index in [-0.39, 0.29) is 10.8 Å². The molecule has 2 unspecified atom stereocenters. The van der Waals surface area contributed by atoms with Gasteiger partial charge < -0.3 is 9.15 Å². The van der Waals surface area contributed by atoms with Crippen molar-refractivity contribution in [2.45, 2.75) is 58.1 Å². The second kappa shape index (κ2) is 10.4. The summed E-state index contributed by atoms with van der Waals surface area (Å²) < 4.78 is 37.4. The fourth-order valence-electron chi connectivity index (χ4n) is 4.01. The lowest BCUT2D eigenvalue weighted by atomic mass is 9.86. The number of aromatic nitrogens is 2. The van der Waals surface area contributed by atoms with E-state index in [0.29, 0.717) is 11.3 Å². The molecule has 3 rings (SSSR count). The average Bonchev–Trinajstić information content (AvgIpc) is 3.29. The number of allylic oxidation sites excluding steroid dienone is 2. The third kappa shape index (κ3) is 5.46. The summed E-state index contributed by atoms with van der Waals surface area (Å²) in [6.07, 6.45) is 8.64. The molecule has 0 aliphatic heterocycles. The molecule has 1 heterocycles. The Balaban J connectivity index is 2.16. The van der Waals surface area contributed by atoms with E-state index in [1.54, 1.807) is 6.92 Å². The van der Waals surface area contributed by atoms with Crippen molar-refractivity contribution < 1.29 is 17.6 Å². The number of sulfonamides is 1. The van der Waals surface area contributed by atoms with Gasteiger partial charge in [-0.25, -0.2) is 13.6 Å². The van der Waals surface area contributed by atoms with E-state index in [4.69, 9.17) is 14.3 Å². The molecule has 0 radical (unpaired) electrons. The predicted molar refractivity (Wildman–Crippen MR) is 124 cm³/mol. The summed E-state index contributed by atoms with van der Waals surface area (Å²) in [4.78, 5) is 2.25. The van der Waals surface area contributed by atoms with Gasteiger partial charge in [-0.3, -0.25) is 4.90 Å². The summed E-state index contributed by atoms with van der Waals surface area (Å²) in [5.74, 6) is 0.805. The van der Waals surface area contributed by atoms with E-state index in [0.717, 1.165) is 38.8 Å². The standard InChI is InChI=1S/C23H32N4O4S/c1-4-6-13-27(14-7-5-2)20-15-18(22-26-25-17-30-22)16-21(32(24,28)29)23(20,3)31-19-11-9-8-10-12-19/h8-12,15-17,20H,4-7,13-14H2,1-3H3,(H2,24,28,29). The van der Waals surface area contributed by atoms with Gasteiger partial charge in [0.1, 0.15) is 10.7 Å². The van der Waals surface area contributed by atoms with Gasteiger partial charge in [-0.1, -0.05) is 51.0 Å². The highest BCUT2D eigenvalue weighted by Crippen LogP contribution is 2.40. The number of rotatable bonds is 11. The van der Waals surface area contributed by atoms with Crippen LogP contribution in [0.15, 0.2) is 58.2 Å². The second-order valence-corrected chi connectivity index (χ2v) is 9.66. The normalized spacial score (nSPS) is 21.3. The average molecular weight is 461 g/mol. The van der Waals surface area contributed by atoms with Crippen LogP contribution in [0.2, 0.25) is 0 Å². The van der Waals surface area contributed by atoms with Gasteiger partial charge in [0, 0.05) is 5.57 Å². The van der Waals surface area contributed by atoms with Gasteiger partial charge in [-0.05, 0) is 51.1 Å². The number of nitrogens with zero attached hydrogens (tertiary/aromatic N) is 3. The molecule has 2 aromatic rings. The van der Waals surface area contributed by atoms with Crippen LogP contribution in [0.5, 0.6) is 5.75 Å². The monoisotopic (exact) mass is 460 g/mol. The lowest BCUT2D eigenvalue weighted by molar-refractivity contribution is 0.0395. The molecule has 1 aromatic carbocycles. The molecule has 1 aliphatic carbocycles. The van der Waals surface area contributed by atoms with Crippen LogP contribution in [0.1, 0.15) is 52.3 Å². The fourth-order valence-corrected chi connectivity index (χ4v) is 5.03. The highest BCUT2D eigenvalue weighted by atomic mass is 32.2. The number of hydrogen-bond donors (Lipinski definition) is 1. The largest absolute Gasteiger partial charge is 0.480 e. The lowest BCUT2D eigenvalue weighted by Crippen LogP contribution is -2.58. The Morgan fingerprint density at radius 2 is 1.81 bits per heavy atom. The van der Waals surface area contributed by atoms with Crippen molar-refractivity contribution in [2.24, 2.45) is 5.14 Å². The lowest BCUT2D eigenvalue weighted by Gasteiger charge is -2.45. The number of hydrogen-bond acceptors (Lipinski definition) is 7. The minimum Gasteiger partial charge on any atom is -0.480 e. The second-order valence-electron chi connectivity index (χ2n) is 8.13. The van der Waals surface area contributed by atoms with Crippen molar-refractivity contribution in [3.8, 4) is 5.75 Å². The maximum absolute atomic E-state index is 12.8. The van der Waals surface area contributed by atoms with Crippen LogP contribution in [0, 0.1) is 0 Å². The van der Waals surface area contributed by atoms with Crippen LogP contribution in [0.3, 0.4) is 0 Å². The molecule has 0 saturated heterocycles.